The molecule has 0 saturated carbocycles. The average Bonchev–Trinajstić information content (AvgIpc) is 3.28. The number of benzene rings is 1. The largest absolute Gasteiger partial charge is 0.481 e. The van der Waals surface area contributed by atoms with Crippen molar-refractivity contribution in [2.24, 2.45) is 5.92 Å². The lowest BCUT2D eigenvalue weighted by Crippen LogP contribution is -2.42. The van der Waals surface area contributed by atoms with Gasteiger partial charge in [0.2, 0.25) is 12.3 Å². The molecule has 0 spiro atoms. The van der Waals surface area contributed by atoms with Crippen molar-refractivity contribution in [3.63, 3.8) is 0 Å². The highest BCUT2D eigenvalue weighted by Gasteiger charge is 2.21. The Kier molecular flexibility index (Phi) is 10.1. The van der Waals surface area contributed by atoms with Crippen LogP contribution in [0, 0.1) is 5.92 Å². The van der Waals surface area contributed by atoms with E-state index in [9.17, 15) is 24.4 Å². The minimum Gasteiger partial charge on any atom is -0.481 e. The molecule has 33 heavy (non-hydrogen) atoms. The summed E-state index contributed by atoms with van der Waals surface area (Å²) in [6.45, 7) is 1.75. The monoisotopic (exact) mass is 459 g/mol. The van der Waals surface area contributed by atoms with E-state index in [1.165, 1.54) is 6.07 Å². The molecular weight excluding hydrogens is 430 g/mol. The van der Waals surface area contributed by atoms with E-state index in [4.69, 9.17) is 9.52 Å². The van der Waals surface area contributed by atoms with Crippen LogP contribution in [0.4, 0.5) is 0 Å². The molecule has 0 aliphatic rings. The van der Waals surface area contributed by atoms with Gasteiger partial charge in [-0.1, -0.05) is 44.4 Å². The standard InChI is InChI=1S/C23H29N3O7/c1-2-3-4-7-18(13-26(32)15-27)22(30)24-14-25-23(31)20-10-9-19(33-20)17-8-5-6-16(11-17)12-21(28)29/h5-6,8-11,15,18,32H,2-4,7,12-14H2,1H3,(H,24,30)(H,25,31)(H,28,29). The quantitative estimate of drug-likeness (QED) is 0.111. The van der Waals surface area contributed by atoms with Gasteiger partial charge in [-0.25, -0.2) is 5.06 Å². The Morgan fingerprint density at radius 3 is 2.64 bits per heavy atom. The normalized spacial score (nSPS) is 11.5. The third-order valence-electron chi connectivity index (χ3n) is 4.96. The van der Waals surface area contributed by atoms with Crippen LogP contribution < -0.4 is 10.6 Å². The number of furan rings is 1. The van der Waals surface area contributed by atoms with Gasteiger partial charge in [0.15, 0.2) is 5.76 Å². The van der Waals surface area contributed by atoms with Crippen molar-refractivity contribution in [3.05, 3.63) is 47.7 Å². The maximum atomic E-state index is 12.4. The molecule has 10 nitrogen and oxygen atoms in total. The van der Waals surface area contributed by atoms with Gasteiger partial charge in [-0.3, -0.25) is 24.4 Å². The van der Waals surface area contributed by atoms with E-state index in [1.807, 2.05) is 6.92 Å². The molecule has 1 heterocycles. The second-order valence-corrected chi connectivity index (χ2v) is 7.58. The first kappa shape index (κ1) is 25.6. The lowest BCUT2D eigenvalue weighted by atomic mass is 10.0. The third-order valence-corrected chi connectivity index (χ3v) is 4.96. The van der Waals surface area contributed by atoms with Crippen LogP contribution in [0.1, 0.15) is 48.7 Å². The van der Waals surface area contributed by atoms with Crippen LogP contribution in [0.5, 0.6) is 0 Å². The first-order chi connectivity index (χ1) is 15.8. The molecule has 3 amide bonds. The summed E-state index contributed by atoms with van der Waals surface area (Å²) < 4.78 is 5.58. The van der Waals surface area contributed by atoms with Gasteiger partial charge < -0.3 is 20.2 Å². The molecule has 4 N–H and O–H groups in total. The van der Waals surface area contributed by atoms with Crippen LogP contribution in [0.3, 0.4) is 0 Å². The predicted molar refractivity (Wildman–Crippen MR) is 118 cm³/mol. The summed E-state index contributed by atoms with van der Waals surface area (Å²) >= 11 is 0. The van der Waals surface area contributed by atoms with Gasteiger partial charge in [0.1, 0.15) is 5.76 Å². The summed E-state index contributed by atoms with van der Waals surface area (Å²) in [5.74, 6) is -2.03. The summed E-state index contributed by atoms with van der Waals surface area (Å²) in [5.41, 5.74) is 1.24. The number of amides is 3. The zero-order chi connectivity index (χ0) is 24.2. The van der Waals surface area contributed by atoms with E-state index in [1.54, 1.807) is 30.3 Å². The Balaban J connectivity index is 1.91. The van der Waals surface area contributed by atoms with Crippen LogP contribution in [0.2, 0.25) is 0 Å². The summed E-state index contributed by atoms with van der Waals surface area (Å²) in [6.07, 6.45) is 3.29. The van der Waals surface area contributed by atoms with Crippen LogP contribution in [0.25, 0.3) is 11.3 Å². The van der Waals surface area contributed by atoms with E-state index in [2.05, 4.69) is 10.6 Å². The number of nitrogens with zero attached hydrogens (tertiary/aromatic N) is 1. The van der Waals surface area contributed by atoms with Crippen molar-refractivity contribution in [3.8, 4) is 11.3 Å². The molecule has 1 atom stereocenters. The fourth-order valence-corrected chi connectivity index (χ4v) is 3.28. The van der Waals surface area contributed by atoms with Crippen LogP contribution in [-0.2, 0) is 20.8 Å². The SMILES string of the molecule is CCCCCC(CN(O)C=O)C(=O)NCNC(=O)c1ccc(-c2cccc(CC(=O)O)c2)o1. The summed E-state index contributed by atoms with van der Waals surface area (Å²) in [6, 6.07) is 9.91. The molecule has 2 rings (SSSR count). The number of carbonyl (C=O) groups is 4. The van der Waals surface area contributed by atoms with E-state index >= 15 is 0 Å². The molecule has 2 aromatic rings. The Bertz CT molecular complexity index is 957. The lowest BCUT2D eigenvalue weighted by molar-refractivity contribution is -0.154. The molecule has 178 valence electrons. The second-order valence-electron chi connectivity index (χ2n) is 7.58. The Labute approximate surface area is 191 Å². The van der Waals surface area contributed by atoms with E-state index in [0.29, 0.717) is 28.4 Å². The van der Waals surface area contributed by atoms with Crippen LogP contribution in [0.15, 0.2) is 40.8 Å². The van der Waals surface area contributed by atoms with Crippen molar-refractivity contribution in [2.45, 2.75) is 39.0 Å². The van der Waals surface area contributed by atoms with Crippen molar-refractivity contribution < 1.29 is 33.9 Å². The van der Waals surface area contributed by atoms with Crippen molar-refractivity contribution >= 4 is 24.2 Å². The molecule has 0 bridgehead atoms. The lowest BCUT2D eigenvalue weighted by Gasteiger charge is -2.19. The number of aliphatic carboxylic acids is 1. The average molecular weight is 459 g/mol. The topological polar surface area (TPSA) is 149 Å². The number of nitrogens with one attached hydrogen (secondary N) is 2. The molecule has 0 aliphatic heterocycles. The molecule has 10 heteroatoms. The van der Waals surface area contributed by atoms with E-state index in [-0.39, 0.29) is 37.7 Å². The number of hydrogen-bond donors (Lipinski definition) is 4. The Morgan fingerprint density at radius 2 is 1.94 bits per heavy atom. The molecule has 0 saturated heterocycles. The summed E-state index contributed by atoms with van der Waals surface area (Å²) in [7, 11) is 0. The fraction of sp³-hybridized carbons (Fsp3) is 0.391. The molecule has 0 fully saturated rings. The highest BCUT2D eigenvalue weighted by atomic mass is 16.5. The highest BCUT2D eigenvalue weighted by Crippen LogP contribution is 2.23. The van der Waals surface area contributed by atoms with Crippen molar-refractivity contribution in [2.75, 3.05) is 13.2 Å². The number of carbonyl (C=O) groups excluding carboxylic acids is 3. The van der Waals surface area contributed by atoms with E-state index in [0.717, 1.165) is 19.3 Å². The first-order valence-electron chi connectivity index (χ1n) is 10.7. The number of rotatable bonds is 14. The zero-order valence-corrected chi connectivity index (χ0v) is 18.5. The molecule has 1 aromatic heterocycles. The molecule has 0 radical (unpaired) electrons. The zero-order valence-electron chi connectivity index (χ0n) is 18.5. The maximum absolute atomic E-state index is 12.4. The van der Waals surface area contributed by atoms with Gasteiger partial charge in [-0.05, 0) is 30.2 Å². The minimum atomic E-state index is -0.945. The highest BCUT2D eigenvalue weighted by molar-refractivity contribution is 5.92. The van der Waals surface area contributed by atoms with Crippen molar-refractivity contribution in [1.82, 2.24) is 15.7 Å². The van der Waals surface area contributed by atoms with Gasteiger partial charge in [-0.15, -0.1) is 0 Å². The molecular formula is C23H29N3O7. The summed E-state index contributed by atoms with van der Waals surface area (Å²) in [5, 5.41) is 23.9. The minimum absolute atomic E-state index is 0.0323. The number of unbranched alkanes of at least 4 members (excludes halogenated alkanes) is 2. The molecule has 0 aliphatic carbocycles. The summed E-state index contributed by atoms with van der Waals surface area (Å²) in [4.78, 5) is 46.4. The molecule has 1 aromatic carbocycles. The fourth-order valence-electron chi connectivity index (χ4n) is 3.28. The first-order valence-corrected chi connectivity index (χ1v) is 10.7. The second kappa shape index (κ2) is 13.0. The van der Waals surface area contributed by atoms with Gasteiger partial charge in [-0.2, -0.15) is 0 Å². The van der Waals surface area contributed by atoms with Gasteiger partial charge in [0, 0.05) is 5.56 Å². The van der Waals surface area contributed by atoms with Crippen molar-refractivity contribution in [1.29, 1.82) is 0 Å². The van der Waals surface area contributed by atoms with Crippen LogP contribution in [-0.4, -0.2) is 52.8 Å². The Hall–Kier alpha value is -3.66. The number of carboxylic acids is 1. The molecule has 1 unspecified atom stereocenters. The van der Waals surface area contributed by atoms with Crippen LogP contribution >= 0.6 is 0 Å². The Morgan fingerprint density at radius 1 is 1.15 bits per heavy atom. The number of carboxylic acid groups (broad SMARTS) is 1. The maximum Gasteiger partial charge on any atom is 0.307 e. The van der Waals surface area contributed by atoms with Gasteiger partial charge in [0.25, 0.3) is 5.91 Å². The number of hydrogen-bond acceptors (Lipinski definition) is 6. The smallest absolute Gasteiger partial charge is 0.307 e. The predicted octanol–water partition coefficient (Wildman–Crippen LogP) is 2.42. The van der Waals surface area contributed by atoms with Gasteiger partial charge in [0.05, 0.1) is 25.6 Å². The number of hydroxylamine groups is 2. The van der Waals surface area contributed by atoms with Gasteiger partial charge >= 0.3 is 5.97 Å². The van der Waals surface area contributed by atoms with E-state index < -0.39 is 17.8 Å². The third kappa shape index (κ3) is 8.41.